The fourth-order valence-corrected chi connectivity index (χ4v) is 2.05. The van der Waals surface area contributed by atoms with Crippen molar-refractivity contribution in [2.75, 3.05) is 13.2 Å². The monoisotopic (exact) mass is 267 g/mol. The van der Waals surface area contributed by atoms with Gasteiger partial charge in [-0.3, -0.25) is 0 Å². The van der Waals surface area contributed by atoms with Crippen LogP contribution < -0.4 is 10.1 Å². The Morgan fingerprint density at radius 3 is 2.50 bits per heavy atom. The van der Waals surface area contributed by atoms with Gasteiger partial charge in [-0.25, -0.2) is 0 Å². The summed E-state index contributed by atoms with van der Waals surface area (Å²) in [4.78, 5) is 0. The lowest BCUT2D eigenvalue weighted by molar-refractivity contribution is 0.255. The molecule has 1 aromatic carbocycles. The topological polar surface area (TPSA) is 21.3 Å². The molecule has 1 atom stereocenters. The van der Waals surface area contributed by atoms with E-state index in [0.29, 0.717) is 5.92 Å². The Labute approximate surface area is 115 Å². The van der Waals surface area contributed by atoms with Gasteiger partial charge in [-0.05, 0) is 49.9 Å². The first-order chi connectivity index (χ1) is 8.56. The molecule has 0 heterocycles. The molecular weight excluding hydrogens is 246 g/mol. The maximum Gasteiger partial charge on any atom is 0.119 e. The number of aryl methyl sites for hydroxylation is 2. The van der Waals surface area contributed by atoms with Crippen LogP contribution in [0.1, 0.15) is 30.9 Å². The summed E-state index contributed by atoms with van der Waals surface area (Å²) in [5, 5.41) is 4.36. The quantitative estimate of drug-likeness (QED) is 0.848. The van der Waals surface area contributed by atoms with E-state index in [2.05, 4.69) is 12.2 Å². The Hall–Kier alpha value is -0.730. The zero-order chi connectivity index (χ0) is 13.1. The molecule has 0 amide bonds. The Kier molecular flexibility index (Phi) is 4.52. The summed E-state index contributed by atoms with van der Waals surface area (Å²) in [7, 11) is 0. The molecule has 2 rings (SSSR count). The number of halogens is 1. The highest BCUT2D eigenvalue weighted by atomic mass is 35.5. The van der Waals surface area contributed by atoms with Gasteiger partial charge in [-0.15, -0.1) is 0 Å². The molecular formula is C15H22ClNO. The van der Waals surface area contributed by atoms with Gasteiger partial charge in [-0.2, -0.15) is 0 Å². The van der Waals surface area contributed by atoms with E-state index in [1.165, 1.54) is 12.8 Å². The van der Waals surface area contributed by atoms with Gasteiger partial charge in [-0.1, -0.05) is 18.5 Å². The first-order valence-corrected chi connectivity index (χ1v) is 7.07. The van der Waals surface area contributed by atoms with Gasteiger partial charge in [0.05, 0.1) is 6.61 Å². The maximum atomic E-state index is 6.14. The largest absolute Gasteiger partial charge is 0.493 e. The van der Waals surface area contributed by atoms with E-state index in [4.69, 9.17) is 16.3 Å². The van der Waals surface area contributed by atoms with Gasteiger partial charge in [0.25, 0.3) is 0 Å². The number of nitrogens with one attached hydrogen (secondary N) is 1. The van der Waals surface area contributed by atoms with Crippen molar-refractivity contribution in [3.63, 3.8) is 0 Å². The van der Waals surface area contributed by atoms with Crippen molar-refractivity contribution >= 4 is 11.6 Å². The Bertz CT molecular complexity index is 392. The number of benzene rings is 1. The molecule has 1 N–H and O–H groups in total. The van der Waals surface area contributed by atoms with E-state index < -0.39 is 0 Å². The lowest BCUT2D eigenvalue weighted by atomic mass is 10.1. The van der Waals surface area contributed by atoms with Crippen molar-refractivity contribution in [3.05, 3.63) is 28.3 Å². The molecule has 1 saturated carbocycles. The van der Waals surface area contributed by atoms with Crippen LogP contribution in [-0.4, -0.2) is 19.2 Å². The fourth-order valence-electron chi connectivity index (χ4n) is 1.94. The van der Waals surface area contributed by atoms with E-state index in [0.717, 1.165) is 41.1 Å². The molecule has 0 spiro atoms. The number of hydrogen-bond donors (Lipinski definition) is 1. The summed E-state index contributed by atoms with van der Waals surface area (Å²) >= 11 is 6.14. The number of rotatable bonds is 6. The lowest BCUT2D eigenvalue weighted by Crippen LogP contribution is -2.26. The minimum atomic E-state index is 0.530. The summed E-state index contributed by atoms with van der Waals surface area (Å²) in [6.45, 7) is 8.03. The second kappa shape index (κ2) is 5.94. The van der Waals surface area contributed by atoms with E-state index in [9.17, 15) is 0 Å². The summed E-state index contributed by atoms with van der Waals surface area (Å²) < 4.78 is 5.84. The SMILES string of the molecule is Cc1cc(OCC(C)CNC2CC2)cc(C)c1Cl. The van der Waals surface area contributed by atoms with Crippen LogP contribution in [0.15, 0.2) is 12.1 Å². The molecule has 1 aliphatic carbocycles. The summed E-state index contributed by atoms with van der Waals surface area (Å²) in [5.41, 5.74) is 2.16. The third-order valence-electron chi connectivity index (χ3n) is 3.28. The van der Waals surface area contributed by atoms with Crippen LogP contribution in [0, 0.1) is 19.8 Å². The summed E-state index contributed by atoms with van der Waals surface area (Å²) in [6.07, 6.45) is 2.67. The summed E-state index contributed by atoms with van der Waals surface area (Å²) in [5.74, 6) is 1.45. The van der Waals surface area contributed by atoms with Crippen molar-refractivity contribution in [3.8, 4) is 5.75 Å². The van der Waals surface area contributed by atoms with Gasteiger partial charge in [0.15, 0.2) is 0 Å². The molecule has 3 heteroatoms. The van der Waals surface area contributed by atoms with E-state index >= 15 is 0 Å². The molecule has 0 aromatic heterocycles. The third kappa shape index (κ3) is 3.89. The highest BCUT2D eigenvalue weighted by Gasteiger charge is 2.20. The molecule has 0 bridgehead atoms. The number of hydrogen-bond acceptors (Lipinski definition) is 2. The van der Waals surface area contributed by atoms with Crippen molar-refractivity contribution in [2.45, 2.75) is 39.7 Å². The fraction of sp³-hybridized carbons (Fsp3) is 0.600. The Balaban J connectivity index is 1.81. The van der Waals surface area contributed by atoms with Crippen molar-refractivity contribution in [1.29, 1.82) is 0 Å². The van der Waals surface area contributed by atoms with E-state index in [1.54, 1.807) is 0 Å². The van der Waals surface area contributed by atoms with Crippen LogP contribution in [0.25, 0.3) is 0 Å². The van der Waals surface area contributed by atoms with Crippen LogP contribution in [0.3, 0.4) is 0 Å². The molecule has 0 saturated heterocycles. The third-order valence-corrected chi connectivity index (χ3v) is 3.87. The lowest BCUT2D eigenvalue weighted by Gasteiger charge is -2.15. The van der Waals surface area contributed by atoms with E-state index in [1.807, 2.05) is 26.0 Å². The average Bonchev–Trinajstić information content (AvgIpc) is 3.14. The van der Waals surface area contributed by atoms with Gasteiger partial charge in [0.1, 0.15) is 5.75 Å². The van der Waals surface area contributed by atoms with Crippen molar-refractivity contribution < 1.29 is 4.74 Å². The van der Waals surface area contributed by atoms with Crippen molar-refractivity contribution in [2.24, 2.45) is 5.92 Å². The van der Waals surface area contributed by atoms with Crippen LogP contribution in [0.4, 0.5) is 0 Å². The van der Waals surface area contributed by atoms with Gasteiger partial charge < -0.3 is 10.1 Å². The van der Waals surface area contributed by atoms with Gasteiger partial charge >= 0.3 is 0 Å². The van der Waals surface area contributed by atoms with Crippen LogP contribution >= 0.6 is 11.6 Å². The maximum absolute atomic E-state index is 6.14. The predicted molar refractivity (Wildman–Crippen MR) is 76.6 cm³/mol. The molecule has 1 aliphatic rings. The highest BCUT2D eigenvalue weighted by molar-refractivity contribution is 6.32. The Morgan fingerprint density at radius 1 is 1.33 bits per heavy atom. The molecule has 0 radical (unpaired) electrons. The van der Waals surface area contributed by atoms with E-state index in [-0.39, 0.29) is 0 Å². The molecule has 100 valence electrons. The predicted octanol–water partition coefficient (Wildman–Crippen LogP) is 3.72. The first kappa shape index (κ1) is 13.7. The van der Waals surface area contributed by atoms with Crippen LogP contribution in [-0.2, 0) is 0 Å². The van der Waals surface area contributed by atoms with Crippen LogP contribution in [0.5, 0.6) is 5.75 Å². The van der Waals surface area contributed by atoms with Crippen molar-refractivity contribution in [1.82, 2.24) is 5.32 Å². The molecule has 1 fully saturated rings. The molecule has 1 aromatic rings. The molecule has 1 unspecified atom stereocenters. The average molecular weight is 268 g/mol. The van der Waals surface area contributed by atoms with Gasteiger partial charge in [0, 0.05) is 23.5 Å². The standard InChI is InChI=1S/C15H22ClNO/c1-10(8-17-13-4-5-13)9-18-14-6-11(2)15(16)12(3)7-14/h6-7,10,13,17H,4-5,8-9H2,1-3H3. The van der Waals surface area contributed by atoms with Gasteiger partial charge in [0.2, 0.25) is 0 Å². The molecule has 0 aliphatic heterocycles. The smallest absolute Gasteiger partial charge is 0.119 e. The normalized spacial score (nSPS) is 16.7. The molecule has 2 nitrogen and oxygen atoms in total. The second-order valence-electron chi connectivity index (χ2n) is 5.47. The minimum Gasteiger partial charge on any atom is -0.493 e. The Morgan fingerprint density at radius 2 is 1.94 bits per heavy atom. The summed E-state index contributed by atoms with van der Waals surface area (Å²) in [6, 6.07) is 4.79. The zero-order valence-corrected chi connectivity index (χ0v) is 12.2. The zero-order valence-electron chi connectivity index (χ0n) is 11.4. The number of ether oxygens (including phenoxy) is 1. The highest BCUT2D eigenvalue weighted by Crippen LogP contribution is 2.26. The minimum absolute atomic E-state index is 0.530. The molecule has 18 heavy (non-hydrogen) atoms. The second-order valence-corrected chi connectivity index (χ2v) is 5.85. The first-order valence-electron chi connectivity index (χ1n) is 6.69. The van der Waals surface area contributed by atoms with Crippen LogP contribution in [0.2, 0.25) is 5.02 Å².